The number of rotatable bonds is 5. The quantitative estimate of drug-likeness (QED) is 0.832. The molecule has 0 aromatic rings. The Balaban J connectivity index is 2.34. The second-order valence-electron chi connectivity index (χ2n) is 5.90. The molecule has 2 aliphatic rings. The van der Waals surface area contributed by atoms with Crippen LogP contribution in [0.4, 0.5) is 0 Å². The number of hydrogen-bond acceptors (Lipinski definition) is 3. The number of nitrogens with zero attached hydrogens (tertiary/aromatic N) is 2. The standard InChI is InChI=1S/C15H26N2O2/c1-3-5-11-17-12-16-15(4-2,13(18)19)14(17)9-7-6-8-10-14/h12H,3-11H2,1-2H3,(H,18,19). The molecule has 0 aromatic carbocycles. The smallest absolute Gasteiger partial charge is 0.334 e. The Bertz CT molecular complexity index is 361. The fraction of sp³-hybridized carbons (Fsp3) is 0.867. The van der Waals surface area contributed by atoms with E-state index in [1.807, 2.05) is 13.3 Å². The average molecular weight is 266 g/mol. The van der Waals surface area contributed by atoms with Gasteiger partial charge < -0.3 is 10.0 Å². The second kappa shape index (κ2) is 5.51. The van der Waals surface area contributed by atoms with Crippen molar-refractivity contribution in [3.05, 3.63) is 0 Å². The molecule has 1 saturated carbocycles. The first kappa shape index (κ1) is 14.4. The van der Waals surface area contributed by atoms with E-state index >= 15 is 0 Å². The SMILES string of the molecule is CCCCN1C=NC(CC)(C(=O)O)C12CCCCC2. The molecule has 108 valence electrons. The van der Waals surface area contributed by atoms with Gasteiger partial charge in [0.1, 0.15) is 0 Å². The van der Waals surface area contributed by atoms with Gasteiger partial charge in [-0.2, -0.15) is 0 Å². The van der Waals surface area contributed by atoms with Gasteiger partial charge in [-0.05, 0) is 25.7 Å². The molecule has 1 aliphatic carbocycles. The number of aliphatic carboxylic acids is 1. The van der Waals surface area contributed by atoms with Gasteiger partial charge in [0.05, 0.1) is 11.9 Å². The molecular formula is C15H26N2O2. The molecule has 1 atom stereocenters. The maximum Gasteiger partial charge on any atom is 0.334 e. The molecular weight excluding hydrogens is 240 g/mol. The molecule has 4 heteroatoms. The third kappa shape index (κ3) is 2.05. The van der Waals surface area contributed by atoms with Crippen molar-refractivity contribution >= 4 is 12.3 Å². The summed E-state index contributed by atoms with van der Waals surface area (Å²) >= 11 is 0. The van der Waals surface area contributed by atoms with E-state index in [9.17, 15) is 9.90 Å². The lowest BCUT2D eigenvalue weighted by atomic mass is 9.66. The Kier molecular flexibility index (Phi) is 4.16. The van der Waals surface area contributed by atoms with Gasteiger partial charge in [-0.15, -0.1) is 0 Å². The zero-order valence-corrected chi connectivity index (χ0v) is 12.2. The predicted octanol–water partition coefficient (Wildman–Crippen LogP) is 3.07. The normalized spacial score (nSPS) is 29.1. The topological polar surface area (TPSA) is 52.9 Å². The van der Waals surface area contributed by atoms with Crippen LogP contribution in [0, 0.1) is 0 Å². The third-order valence-corrected chi connectivity index (χ3v) is 5.04. The average Bonchev–Trinajstić information content (AvgIpc) is 2.72. The highest BCUT2D eigenvalue weighted by Crippen LogP contribution is 2.48. The van der Waals surface area contributed by atoms with Gasteiger partial charge in [0.15, 0.2) is 5.54 Å². The zero-order valence-electron chi connectivity index (χ0n) is 12.2. The largest absolute Gasteiger partial charge is 0.479 e. The Hall–Kier alpha value is -1.06. The number of unbranched alkanes of at least 4 members (excludes halogenated alkanes) is 1. The Morgan fingerprint density at radius 3 is 2.53 bits per heavy atom. The summed E-state index contributed by atoms with van der Waals surface area (Å²) in [6.07, 6.45) is 10.1. The van der Waals surface area contributed by atoms with Crippen LogP contribution in [0.3, 0.4) is 0 Å². The number of hydrogen-bond donors (Lipinski definition) is 1. The van der Waals surface area contributed by atoms with Gasteiger partial charge >= 0.3 is 5.97 Å². The van der Waals surface area contributed by atoms with Crippen LogP contribution in [-0.4, -0.2) is 39.9 Å². The molecule has 1 aliphatic heterocycles. The Morgan fingerprint density at radius 2 is 2.00 bits per heavy atom. The van der Waals surface area contributed by atoms with E-state index in [4.69, 9.17) is 0 Å². The van der Waals surface area contributed by atoms with Crippen LogP contribution in [0.15, 0.2) is 4.99 Å². The zero-order chi connectivity index (χ0) is 13.9. The van der Waals surface area contributed by atoms with Crippen molar-refractivity contribution in [1.82, 2.24) is 4.90 Å². The number of carboxylic acids is 1. The summed E-state index contributed by atoms with van der Waals surface area (Å²) in [5, 5.41) is 9.78. The minimum atomic E-state index is -0.916. The van der Waals surface area contributed by atoms with E-state index in [2.05, 4.69) is 16.8 Å². The van der Waals surface area contributed by atoms with Crippen LogP contribution < -0.4 is 0 Å². The minimum absolute atomic E-state index is 0.263. The van der Waals surface area contributed by atoms with Gasteiger partial charge in [0.25, 0.3) is 0 Å². The lowest BCUT2D eigenvalue weighted by Crippen LogP contribution is -2.63. The van der Waals surface area contributed by atoms with Crippen molar-refractivity contribution in [1.29, 1.82) is 0 Å². The van der Waals surface area contributed by atoms with Crippen molar-refractivity contribution in [3.63, 3.8) is 0 Å². The molecule has 2 rings (SSSR count). The Morgan fingerprint density at radius 1 is 1.32 bits per heavy atom. The van der Waals surface area contributed by atoms with Crippen LogP contribution in [0.2, 0.25) is 0 Å². The molecule has 1 fully saturated rings. The minimum Gasteiger partial charge on any atom is -0.479 e. The van der Waals surface area contributed by atoms with Crippen LogP contribution in [0.5, 0.6) is 0 Å². The van der Waals surface area contributed by atoms with Gasteiger partial charge in [-0.1, -0.05) is 39.5 Å². The lowest BCUT2D eigenvalue weighted by Gasteiger charge is -2.49. The van der Waals surface area contributed by atoms with E-state index in [1.54, 1.807) is 0 Å². The van der Waals surface area contributed by atoms with Crippen molar-refractivity contribution in [2.24, 2.45) is 4.99 Å². The first-order valence-electron chi connectivity index (χ1n) is 7.68. The molecule has 1 heterocycles. The fourth-order valence-corrected chi connectivity index (χ4v) is 3.90. The van der Waals surface area contributed by atoms with Crippen LogP contribution in [-0.2, 0) is 4.79 Å². The summed E-state index contributed by atoms with van der Waals surface area (Å²) < 4.78 is 0. The molecule has 0 radical (unpaired) electrons. The molecule has 1 spiro atoms. The van der Waals surface area contributed by atoms with Crippen molar-refractivity contribution in [2.45, 2.75) is 76.3 Å². The van der Waals surface area contributed by atoms with E-state index in [0.717, 1.165) is 45.1 Å². The summed E-state index contributed by atoms with van der Waals surface area (Å²) in [5.74, 6) is -0.743. The monoisotopic (exact) mass is 266 g/mol. The molecule has 1 N–H and O–H groups in total. The summed E-state index contributed by atoms with van der Waals surface area (Å²) in [7, 11) is 0. The summed E-state index contributed by atoms with van der Waals surface area (Å²) in [4.78, 5) is 18.7. The van der Waals surface area contributed by atoms with Gasteiger partial charge in [-0.25, -0.2) is 4.79 Å². The fourth-order valence-electron chi connectivity index (χ4n) is 3.90. The number of carboxylic acid groups (broad SMARTS) is 1. The Labute approximate surface area is 115 Å². The van der Waals surface area contributed by atoms with Crippen molar-refractivity contribution in [2.75, 3.05) is 6.54 Å². The van der Waals surface area contributed by atoms with E-state index in [-0.39, 0.29) is 5.54 Å². The summed E-state index contributed by atoms with van der Waals surface area (Å²) in [6.45, 7) is 5.07. The molecule has 0 aromatic heterocycles. The highest BCUT2D eigenvalue weighted by molar-refractivity contribution is 5.86. The van der Waals surface area contributed by atoms with Crippen molar-refractivity contribution in [3.8, 4) is 0 Å². The number of carbonyl (C=O) groups is 1. The van der Waals surface area contributed by atoms with E-state index in [1.165, 1.54) is 6.42 Å². The van der Waals surface area contributed by atoms with Gasteiger partial charge in [-0.3, -0.25) is 4.99 Å². The maximum atomic E-state index is 11.9. The molecule has 0 saturated heterocycles. The summed E-state index contributed by atoms with van der Waals surface area (Å²) in [6, 6.07) is 0. The molecule has 19 heavy (non-hydrogen) atoms. The van der Waals surface area contributed by atoms with Crippen LogP contribution >= 0.6 is 0 Å². The summed E-state index contributed by atoms with van der Waals surface area (Å²) in [5.41, 5.74) is -1.18. The van der Waals surface area contributed by atoms with Crippen LogP contribution in [0.25, 0.3) is 0 Å². The molecule has 0 bridgehead atoms. The first-order valence-corrected chi connectivity index (χ1v) is 7.68. The number of aliphatic imine (C=N–C) groups is 1. The van der Waals surface area contributed by atoms with Gasteiger partial charge in [0, 0.05) is 6.54 Å². The lowest BCUT2D eigenvalue weighted by molar-refractivity contribution is -0.149. The predicted molar refractivity (Wildman–Crippen MR) is 76.6 cm³/mol. The second-order valence-corrected chi connectivity index (χ2v) is 5.90. The molecule has 4 nitrogen and oxygen atoms in total. The first-order chi connectivity index (χ1) is 9.13. The highest BCUT2D eigenvalue weighted by Gasteiger charge is 2.61. The highest BCUT2D eigenvalue weighted by atomic mass is 16.4. The van der Waals surface area contributed by atoms with Crippen LogP contribution in [0.1, 0.15) is 65.2 Å². The van der Waals surface area contributed by atoms with E-state index < -0.39 is 11.5 Å². The van der Waals surface area contributed by atoms with Gasteiger partial charge in [0.2, 0.25) is 0 Å². The van der Waals surface area contributed by atoms with E-state index in [0.29, 0.717) is 6.42 Å². The maximum absolute atomic E-state index is 11.9. The van der Waals surface area contributed by atoms with Crippen molar-refractivity contribution < 1.29 is 9.90 Å². The third-order valence-electron chi connectivity index (χ3n) is 5.04. The molecule has 1 unspecified atom stereocenters. The molecule has 0 amide bonds.